The summed E-state index contributed by atoms with van der Waals surface area (Å²) in [6.45, 7) is -0.232. The summed E-state index contributed by atoms with van der Waals surface area (Å²) >= 11 is 0. The summed E-state index contributed by atoms with van der Waals surface area (Å²) in [5.41, 5.74) is 0.389. The molecule has 1 amide bonds. The van der Waals surface area contributed by atoms with Crippen LogP contribution in [-0.4, -0.2) is 27.3 Å². The standard InChI is InChI=1S/C15H11F3N2O5S/c16-15(17,18)25-10-3-1-9(2-4-10)20-26(22,23)11-5-6-12-13(7-11)24-8-14(21)19-12/h1-7,20H,8H2,(H,19,21). The minimum atomic E-state index is -4.83. The summed E-state index contributed by atoms with van der Waals surface area (Å²) in [5.74, 6) is -0.632. The number of benzene rings is 2. The van der Waals surface area contributed by atoms with Gasteiger partial charge in [0.2, 0.25) is 0 Å². The molecule has 3 rings (SSSR count). The third-order valence-corrected chi connectivity index (χ3v) is 4.62. The van der Waals surface area contributed by atoms with Gasteiger partial charge in [-0.1, -0.05) is 0 Å². The molecule has 11 heteroatoms. The fraction of sp³-hybridized carbons (Fsp3) is 0.133. The number of sulfonamides is 1. The van der Waals surface area contributed by atoms with Gasteiger partial charge >= 0.3 is 6.36 Å². The summed E-state index contributed by atoms with van der Waals surface area (Å²) in [7, 11) is -4.01. The zero-order valence-corrected chi connectivity index (χ0v) is 13.6. The highest BCUT2D eigenvalue weighted by molar-refractivity contribution is 7.92. The highest BCUT2D eigenvalue weighted by Gasteiger charge is 2.31. The second-order valence-electron chi connectivity index (χ2n) is 5.17. The average molecular weight is 388 g/mol. The monoisotopic (exact) mass is 388 g/mol. The van der Waals surface area contributed by atoms with Crippen molar-refractivity contribution in [3.63, 3.8) is 0 Å². The number of carbonyl (C=O) groups is 1. The fourth-order valence-electron chi connectivity index (χ4n) is 2.16. The lowest BCUT2D eigenvalue weighted by molar-refractivity contribution is -0.274. The summed E-state index contributed by atoms with van der Waals surface area (Å²) in [4.78, 5) is 11.1. The normalized spacial score (nSPS) is 14.0. The van der Waals surface area contributed by atoms with Crippen LogP contribution in [0.5, 0.6) is 11.5 Å². The van der Waals surface area contributed by atoms with E-state index in [0.717, 1.165) is 24.3 Å². The molecule has 2 aromatic carbocycles. The fourth-order valence-corrected chi connectivity index (χ4v) is 3.23. The Morgan fingerprint density at radius 3 is 2.46 bits per heavy atom. The van der Waals surface area contributed by atoms with E-state index in [1.165, 1.54) is 18.2 Å². The van der Waals surface area contributed by atoms with E-state index >= 15 is 0 Å². The molecular weight excluding hydrogens is 377 g/mol. The molecule has 0 spiro atoms. The predicted octanol–water partition coefficient (Wildman–Crippen LogP) is 2.72. The van der Waals surface area contributed by atoms with E-state index in [-0.39, 0.29) is 28.8 Å². The largest absolute Gasteiger partial charge is 0.573 e. The number of hydrogen-bond acceptors (Lipinski definition) is 5. The molecule has 0 saturated heterocycles. The van der Waals surface area contributed by atoms with Crippen LogP contribution in [0, 0.1) is 0 Å². The highest BCUT2D eigenvalue weighted by atomic mass is 32.2. The lowest BCUT2D eigenvalue weighted by Crippen LogP contribution is -2.25. The van der Waals surface area contributed by atoms with Crippen molar-refractivity contribution in [2.45, 2.75) is 11.3 Å². The summed E-state index contributed by atoms with van der Waals surface area (Å²) in [5, 5.41) is 2.53. The van der Waals surface area contributed by atoms with Gasteiger partial charge in [0, 0.05) is 11.8 Å². The van der Waals surface area contributed by atoms with Crippen LogP contribution in [0.25, 0.3) is 0 Å². The summed E-state index contributed by atoms with van der Waals surface area (Å²) < 4.78 is 72.3. The molecule has 0 bridgehead atoms. The molecule has 2 aromatic rings. The van der Waals surface area contributed by atoms with Crippen molar-refractivity contribution in [1.29, 1.82) is 0 Å². The maximum atomic E-state index is 12.4. The van der Waals surface area contributed by atoms with E-state index in [9.17, 15) is 26.4 Å². The Bertz CT molecular complexity index is 943. The number of alkyl halides is 3. The van der Waals surface area contributed by atoms with Gasteiger partial charge < -0.3 is 14.8 Å². The first kappa shape index (κ1) is 17.9. The maximum Gasteiger partial charge on any atom is 0.573 e. The van der Waals surface area contributed by atoms with Gasteiger partial charge in [0.25, 0.3) is 15.9 Å². The third kappa shape index (κ3) is 4.17. The van der Waals surface area contributed by atoms with Crippen LogP contribution < -0.4 is 19.5 Å². The number of amides is 1. The predicted molar refractivity (Wildman–Crippen MR) is 84.5 cm³/mol. The Kier molecular flexibility index (Phi) is 4.40. The molecule has 0 aromatic heterocycles. The molecular formula is C15H11F3N2O5S. The number of fused-ring (bicyclic) bond motifs is 1. The first-order chi connectivity index (χ1) is 12.1. The minimum absolute atomic E-state index is 0.0477. The van der Waals surface area contributed by atoms with E-state index in [0.29, 0.717) is 5.69 Å². The SMILES string of the molecule is O=C1COc2cc(S(=O)(=O)Nc3ccc(OC(F)(F)F)cc3)ccc2N1. The zero-order chi connectivity index (χ0) is 18.9. The Hall–Kier alpha value is -2.95. The Balaban J connectivity index is 1.78. The molecule has 2 N–H and O–H groups in total. The smallest absolute Gasteiger partial charge is 0.482 e. The molecule has 0 radical (unpaired) electrons. The van der Waals surface area contributed by atoms with E-state index in [1.807, 2.05) is 0 Å². The molecule has 0 saturated carbocycles. The molecule has 0 atom stereocenters. The second kappa shape index (κ2) is 6.41. The van der Waals surface area contributed by atoms with Crippen molar-refractivity contribution in [1.82, 2.24) is 0 Å². The van der Waals surface area contributed by atoms with Gasteiger partial charge in [0.1, 0.15) is 11.5 Å². The highest BCUT2D eigenvalue weighted by Crippen LogP contribution is 2.31. The van der Waals surface area contributed by atoms with Gasteiger partial charge in [-0.3, -0.25) is 9.52 Å². The molecule has 1 aliphatic heterocycles. The van der Waals surface area contributed by atoms with Crippen molar-refractivity contribution >= 4 is 27.3 Å². The molecule has 7 nitrogen and oxygen atoms in total. The van der Waals surface area contributed by atoms with E-state index < -0.39 is 22.1 Å². The van der Waals surface area contributed by atoms with Gasteiger partial charge in [-0.2, -0.15) is 0 Å². The Morgan fingerprint density at radius 1 is 1.12 bits per heavy atom. The number of halogens is 3. The van der Waals surface area contributed by atoms with E-state index in [1.54, 1.807) is 0 Å². The zero-order valence-electron chi connectivity index (χ0n) is 12.8. The molecule has 138 valence electrons. The van der Waals surface area contributed by atoms with Crippen LogP contribution in [0.15, 0.2) is 47.4 Å². The van der Waals surface area contributed by atoms with Crippen molar-refractivity contribution < 1.29 is 35.9 Å². The molecule has 1 aliphatic rings. The van der Waals surface area contributed by atoms with Crippen molar-refractivity contribution in [2.75, 3.05) is 16.6 Å². The molecule has 0 unspecified atom stereocenters. The van der Waals surface area contributed by atoms with Gasteiger partial charge in [0.05, 0.1) is 10.6 Å². The van der Waals surface area contributed by atoms with Gasteiger partial charge in [0.15, 0.2) is 6.61 Å². The Morgan fingerprint density at radius 2 is 1.81 bits per heavy atom. The number of hydrogen-bond donors (Lipinski definition) is 2. The van der Waals surface area contributed by atoms with Crippen molar-refractivity contribution in [3.8, 4) is 11.5 Å². The van der Waals surface area contributed by atoms with Crippen molar-refractivity contribution in [2.24, 2.45) is 0 Å². The number of ether oxygens (including phenoxy) is 2. The van der Waals surface area contributed by atoms with Gasteiger partial charge in [-0.15, -0.1) is 13.2 Å². The first-order valence-electron chi connectivity index (χ1n) is 7.08. The number of carbonyl (C=O) groups excluding carboxylic acids is 1. The van der Waals surface area contributed by atoms with E-state index in [4.69, 9.17) is 4.74 Å². The lowest BCUT2D eigenvalue weighted by Gasteiger charge is -2.18. The summed E-state index contributed by atoms with van der Waals surface area (Å²) in [6.07, 6.45) is -4.83. The molecule has 26 heavy (non-hydrogen) atoms. The van der Waals surface area contributed by atoms with Crippen LogP contribution in [0.3, 0.4) is 0 Å². The number of anilines is 2. The maximum absolute atomic E-state index is 12.4. The van der Waals surface area contributed by atoms with Crippen LogP contribution >= 0.6 is 0 Å². The third-order valence-electron chi connectivity index (χ3n) is 3.24. The van der Waals surface area contributed by atoms with Gasteiger partial charge in [-0.05, 0) is 36.4 Å². The van der Waals surface area contributed by atoms with Crippen LogP contribution in [0.2, 0.25) is 0 Å². The first-order valence-corrected chi connectivity index (χ1v) is 8.56. The van der Waals surface area contributed by atoms with Gasteiger partial charge in [-0.25, -0.2) is 8.42 Å². The Labute approximate surface area is 145 Å². The van der Waals surface area contributed by atoms with E-state index in [2.05, 4.69) is 14.8 Å². The molecule has 1 heterocycles. The summed E-state index contributed by atoms with van der Waals surface area (Å²) in [6, 6.07) is 8.10. The van der Waals surface area contributed by atoms with Crippen LogP contribution in [0.1, 0.15) is 0 Å². The lowest BCUT2D eigenvalue weighted by atomic mass is 10.2. The van der Waals surface area contributed by atoms with Crippen LogP contribution in [-0.2, 0) is 14.8 Å². The second-order valence-corrected chi connectivity index (χ2v) is 6.85. The quantitative estimate of drug-likeness (QED) is 0.840. The minimum Gasteiger partial charge on any atom is -0.482 e. The number of rotatable bonds is 4. The molecule has 0 aliphatic carbocycles. The topological polar surface area (TPSA) is 93.7 Å². The number of nitrogens with one attached hydrogen (secondary N) is 2. The van der Waals surface area contributed by atoms with Crippen molar-refractivity contribution in [3.05, 3.63) is 42.5 Å². The molecule has 0 fully saturated rings. The average Bonchev–Trinajstić information content (AvgIpc) is 2.54. The van der Waals surface area contributed by atoms with Crippen LogP contribution in [0.4, 0.5) is 24.5 Å².